The summed E-state index contributed by atoms with van der Waals surface area (Å²) in [5, 5.41) is 3.41. The van der Waals surface area contributed by atoms with Crippen LogP contribution in [0.3, 0.4) is 0 Å². The molecule has 0 aliphatic carbocycles. The maximum absolute atomic E-state index is 5.75. The van der Waals surface area contributed by atoms with Gasteiger partial charge in [0.1, 0.15) is 12.4 Å². The van der Waals surface area contributed by atoms with Crippen LogP contribution in [0.2, 0.25) is 0 Å². The summed E-state index contributed by atoms with van der Waals surface area (Å²) in [5.74, 6) is 0.981. The summed E-state index contributed by atoms with van der Waals surface area (Å²) in [6.45, 7) is 6.80. The molecule has 2 aliphatic rings. The second kappa shape index (κ2) is 6.60. The van der Waals surface area contributed by atoms with Gasteiger partial charge < -0.3 is 10.1 Å². The number of halogens is 1. The molecule has 3 nitrogen and oxygen atoms in total. The molecule has 4 heteroatoms. The topological polar surface area (TPSA) is 24.5 Å². The first-order valence-electron chi connectivity index (χ1n) is 6.97. The van der Waals surface area contributed by atoms with E-state index in [0.717, 1.165) is 18.9 Å². The fraction of sp³-hybridized carbons (Fsp3) is 0.600. The van der Waals surface area contributed by atoms with Crippen LogP contribution in [0.15, 0.2) is 30.3 Å². The number of nitrogens with zero attached hydrogens (tertiary/aromatic N) is 1. The number of piperidine rings is 1. The van der Waals surface area contributed by atoms with Crippen molar-refractivity contribution in [3.05, 3.63) is 30.3 Å². The highest BCUT2D eigenvalue weighted by molar-refractivity contribution is 5.85. The van der Waals surface area contributed by atoms with Crippen molar-refractivity contribution in [2.45, 2.75) is 12.8 Å². The van der Waals surface area contributed by atoms with E-state index in [1.54, 1.807) is 0 Å². The van der Waals surface area contributed by atoms with Crippen LogP contribution in [-0.4, -0.2) is 44.2 Å². The monoisotopic (exact) mass is 282 g/mol. The fourth-order valence-corrected chi connectivity index (χ4v) is 2.89. The lowest BCUT2D eigenvalue weighted by Crippen LogP contribution is -2.58. The molecule has 0 amide bonds. The number of likely N-dealkylation sites (tertiary alicyclic amines) is 1. The summed E-state index contributed by atoms with van der Waals surface area (Å²) in [6, 6.07) is 10.1. The van der Waals surface area contributed by atoms with Gasteiger partial charge in [-0.05, 0) is 43.5 Å². The maximum atomic E-state index is 5.75. The second-order valence-corrected chi connectivity index (χ2v) is 5.61. The molecule has 0 saturated carbocycles. The van der Waals surface area contributed by atoms with E-state index in [0.29, 0.717) is 5.41 Å². The molecule has 0 bridgehead atoms. The third kappa shape index (κ3) is 3.62. The van der Waals surface area contributed by atoms with Crippen LogP contribution in [0.5, 0.6) is 5.75 Å². The van der Waals surface area contributed by atoms with Crippen LogP contribution in [0.4, 0.5) is 0 Å². The molecule has 1 aromatic carbocycles. The van der Waals surface area contributed by atoms with Crippen molar-refractivity contribution in [2.24, 2.45) is 5.41 Å². The van der Waals surface area contributed by atoms with Gasteiger partial charge >= 0.3 is 0 Å². The molecule has 106 valence electrons. The smallest absolute Gasteiger partial charge is 0.119 e. The Morgan fingerprint density at radius 1 is 1.11 bits per heavy atom. The van der Waals surface area contributed by atoms with Gasteiger partial charge in [-0.25, -0.2) is 0 Å². The molecular formula is C15H23ClN2O. The van der Waals surface area contributed by atoms with E-state index in [1.807, 2.05) is 30.3 Å². The highest BCUT2D eigenvalue weighted by atomic mass is 35.5. The Morgan fingerprint density at radius 2 is 1.79 bits per heavy atom. The zero-order chi connectivity index (χ0) is 12.3. The normalized spacial score (nSPS) is 21.5. The van der Waals surface area contributed by atoms with Crippen molar-refractivity contribution in [2.75, 3.05) is 39.3 Å². The Hall–Kier alpha value is -0.770. The summed E-state index contributed by atoms with van der Waals surface area (Å²) >= 11 is 0. The minimum atomic E-state index is 0. The number of hydrogen-bond acceptors (Lipinski definition) is 3. The van der Waals surface area contributed by atoms with Gasteiger partial charge in [-0.2, -0.15) is 0 Å². The maximum Gasteiger partial charge on any atom is 0.119 e. The summed E-state index contributed by atoms with van der Waals surface area (Å²) in [6.07, 6.45) is 2.71. The van der Waals surface area contributed by atoms with Crippen LogP contribution in [0, 0.1) is 5.41 Å². The number of ether oxygens (including phenoxy) is 1. The van der Waals surface area contributed by atoms with E-state index in [9.17, 15) is 0 Å². The third-order valence-electron chi connectivity index (χ3n) is 4.34. The summed E-state index contributed by atoms with van der Waals surface area (Å²) in [5.41, 5.74) is 0.650. The molecule has 2 saturated heterocycles. The lowest BCUT2D eigenvalue weighted by molar-refractivity contribution is 0.0495. The minimum Gasteiger partial charge on any atom is -0.492 e. The summed E-state index contributed by atoms with van der Waals surface area (Å²) in [7, 11) is 0. The van der Waals surface area contributed by atoms with E-state index >= 15 is 0 Å². The first-order chi connectivity index (χ1) is 8.86. The van der Waals surface area contributed by atoms with E-state index < -0.39 is 0 Å². The van der Waals surface area contributed by atoms with Crippen LogP contribution < -0.4 is 10.1 Å². The molecule has 2 heterocycles. The molecular weight excluding hydrogens is 260 g/mol. The molecule has 1 aromatic rings. The van der Waals surface area contributed by atoms with Gasteiger partial charge in [0.25, 0.3) is 0 Å². The predicted octanol–water partition coefficient (Wildman–Crippen LogP) is 2.17. The highest BCUT2D eigenvalue weighted by Crippen LogP contribution is 2.34. The molecule has 1 N–H and O–H groups in total. The molecule has 1 spiro atoms. The molecule has 2 aliphatic heterocycles. The van der Waals surface area contributed by atoms with E-state index in [4.69, 9.17) is 4.74 Å². The Morgan fingerprint density at radius 3 is 2.37 bits per heavy atom. The van der Waals surface area contributed by atoms with Crippen molar-refractivity contribution in [3.63, 3.8) is 0 Å². The lowest BCUT2D eigenvalue weighted by atomic mass is 9.73. The van der Waals surface area contributed by atoms with E-state index in [-0.39, 0.29) is 12.4 Å². The van der Waals surface area contributed by atoms with Crippen LogP contribution >= 0.6 is 12.4 Å². The number of benzene rings is 1. The first-order valence-corrected chi connectivity index (χ1v) is 6.97. The second-order valence-electron chi connectivity index (χ2n) is 5.61. The van der Waals surface area contributed by atoms with Crippen molar-refractivity contribution in [3.8, 4) is 5.75 Å². The van der Waals surface area contributed by atoms with Gasteiger partial charge in [0, 0.05) is 19.6 Å². The van der Waals surface area contributed by atoms with Gasteiger partial charge in [0.2, 0.25) is 0 Å². The largest absolute Gasteiger partial charge is 0.492 e. The average Bonchev–Trinajstić information content (AvgIpc) is 2.39. The zero-order valence-electron chi connectivity index (χ0n) is 11.3. The van der Waals surface area contributed by atoms with Crippen LogP contribution in [0.1, 0.15) is 12.8 Å². The average molecular weight is 283 g/mol. The van der Waals surface area contributed by atoms with Gasteiger partial charge in [0.15, 0.2) is 0 Å². The van der Waals surface area contributed by atoms with E-state index in [1.165, 1.54) is 39.0 Å². The van der Waals surface area contributed by atoms with Gasteiger partial charge in [-0.3, -0.25) is 4.90 Å². The Kier molecular flexibility index (Phi) is 5.08. The number of hydrogen-bond donors (Lipinski definition) is 1. The van der Waals surface area contributed by atoms with Gasteiger partial charge in [-0.1, -0.05) is 18.2 Å². The van der Waals surface area contributed by atoms with Crippen LogP contribution in [0.25, 0.3) is 0 Å². The van der Waals surface area contributed by atoms with Crippen molar-refractivity contribution in [1.29, 1.82) is 0 Å². The lowest BCUT2D eigenvalue weighted by Gasteiger charge is -2.48. The fourth-order valence-electron chi connectivity index (χ4n) is 2.89. The molecule has 2 fully saturated rings. The third-order valence-corrected chi connectivity index (χ3v) is 4.34. The van der Waals surface area contributed by atoms with Gasteiger partial charge in [-0.15, -0.1) is 12.4 Å². The molecule has 0 radical (unpaired) electrons. The molecule has 19 heavy (non-hydrogen) atoms. The standard InChI is InChI=1S/C15H22N2O.ClH/c1-2-4-14(5-3-1)18-11-10-17-8-6-15(7-9-17)12-16-13-15;/h1-5,16H,6-13H2;1H. The van der Waals surface area contributed by atoms with Crippen molar-refractivity contribution in [1.82, 2.24) is 10.2 Å². The summed E-state index contributed by atoms with van der Waals surface area (Å²) < 4.78 is 5.75. The van der Waals surface area contributed by atoms with Crippen LogP contribution in [-0.2, 0) is 0 Å². The Bertz CT molecular complexity index is 371. The molecule has 0 unspecified atom stereocenters. The van der Waals surface area contributed by atoms with Crippen molar-refractivity contribution < 1.29 is 4.74 Å². The Balaban J connectivity index is 0.00000133. The first kappa shape index (κ1) is 14.6. The number of nitrogens with one attached hydrogen (secondary N) is 1. The highest BCUT2D eigenvalue weighted by Gasteiger charge is 2.39. The van der Waals surface area contributed by atoms with Crippen molar-refractivity contribution >= 4 is 12.4 Å². The molecule has 0 aromatic heterocycles. The SMILES string of the molecule is Cl.c1ccc(OCCN2CCC3(CC2)CNC3)cc1. The van der Waals surface area contributed by atoms with E-state index in [2.05, 4.69) is 10.2 Å². The minimum absolute atomic E-state index is 0. The molecule has 0 atom stereocenters. The number of rotatable bonds is 4. The quantitative estimate of drug-likeness (QED) is 0.916. The number of para-hydroxylation sites is 1. The summed E-state index contributed by atoms with van der Waals surface area (Å²) in [4.78, 5) is 2.53. The predicted molar refractivity (Wildman–Crippen MR) is 80.2 cm³/mol. The van der Waals surface area contributed by atoms with Gasteiger partial charge in [0.05, 0.1) is 0 Å². The zero-order valence-corrected chi connectivity index (χ0v) is 12.1. The Labute approximate surface area is 121 Å². The molecule has 3 rings (SSSR count).